The lowest BCUT2D eigenvalue weighted by atomic mass is 10.2. The van der Waals surface area contributed by atoms with E-state index >= 15 is 0 Å². The maximum Gasteiger partial charge on any atom is 0.332 e. The Bertz CT molecular complexity index is 526. The van der Waals surface area contributed by atoms with Gasteiger partial charge < -0.3 is 0 Å². The summed E-state index contributed by atoms with van der Waals surface area (Å²) in [4.78, 5) is 8.25. The fourth-order valence-corrected chi connectivity index (χ4v) is 1.74. The molecule has 0 spiro atoms. The predicted octanol–water partition coefficient (Wildman–Crippen LogP) is 1.70. The van der Waals surface area contributed by atoms with Crippen molar-refractivity contribution in [1.82, 2.24) is 0 Å². The monoisotopic (exact) mass is 237 g/mol. The van der Waals surface area contributed by atoms with E-state index in [1.807, 2.05) is 0 Å². The van der Waals surface area contributed by atoms with Crippen LogP contribution in [0.2, 0.25) is 0 Å². The van der Waals surface area contributed by atoms with Crippen molar-refractivity contribution >= 4 is 15.9 Å². The Morgan fingerprint density at radius 1 is 1.40 bits per heavy atom. The molecule has 0 bridgehead atoms. The molecule has 5 nitrogen and oxygen atoms in total. The second-order valence-corrected chi connectivity index (χ2v) is 4.08. The largest absolute Gasteiger partial charge is 0.332 e. The molecule has 1 rings (SSSR count). The molecule has 82 valence electrons. The van der Waals surface area contributed by atoms with Gasteiger partial charge in [0.05, 0.1) is 4.92 Å². The van der Waals surface area contributed by atoms with Gasteiger partial charge in [0.2, 0.25) is 5.82 Å². The van der Waals surface area contributed by atoms with Gasteiger partial charge >= 0.3 is 15.9 Å². The molecule has 15 heavy (non-hydrogen) atoms. The lowest BCUT2D eigenvalue weighted by Crippen LogP contribution is -2.00. The number of halogens is 2. The highest BCUT2D eigenvalue weighted by Gasteiger charge is 2.23. The lowest BCUT2D eigenvalue weighted by Gasteiger charge is -2.01. The van der Waals surface area contributed by atoms with Gasteiger partial charge in [0.15, 0.2) is 0 Å². The van der Waals surface area contributed by atoms with Crippen molar-refractivity contribution in [3.05, 3.63) is 33.6 Å². The molecule has 0 heterocycles. The number of nitro benzene ring substituents is 1. The van der Waals surface area contributed by atoms with Crippen LogP contribution in [-0.2, 0) is 10.2 Å². The molecule has 0 aliphatic heterocycles. The van der Waals surface area contributed by atoms with Gasteiger partial charge in [-0.05, 0) is 18.6 Å². The van der Waals surface area contributed by atoms with E-state index in [9.17, 15) is 26.8 Å². The maximum atomic E-state index is 12.9. The minimum absolute atomic E-state index is 0.222. The third-order valence-corrected chi connectivity index (χ3v) is 2.67. The van der Waals surface area contributed by atoms with Crippen LogP contribution in [0.25, 0.3) is 0 Å². The normalized spacial score (nSPS) is 11.4. The van der Waals surface area contributed by atoms with Crippen LogP contribution < -0.4 is 0 Å². The van der Waals surface area contributed by atoms with Crippen molar-refractivity contribution in [1.29, 1.82) is 0 Å². The first-order valence-electron chi connectivity index (χ1n) is 3.62. The summed E-state index contributed by atoms with van der Waals surface area (Å²) >= 11 is 0. The Labute approximate surface area is 83.7 Å². The molecule has 0 saturated heterocycles. The number of nitro groups is 1. The Kier molecular flexibility index (Phi) is 2.71. The first kappa shape index (κ1) is 11.5. The molecule has 0 aliphatic carbocycles. The molecule has 0 N–H and O–H groups in total. The Hall–Kier alpha value is -1.57. The van der Waals surface area contributed by atoms with Crippen molar-refractivity contribution in [3.63, 3.8) is 0 Å². The third-order valence-electron chi connectivity index (χ3n) is 1.70. The van der Waals surface area contributed by atoms with Gasteiger partial charge in [-0.3, -0.25) is 10.1 Å². The van der Waals surface area contributed by atoms with Gasteiger partial charge in [0.1, 0.15) is 4.90 Å². The first-order chi connectivity index (χ1) is 6.73. The zero-order valence-electron chi connectivity index (χ0n) is 7.40. The second-order valence-electron chi connectivity index (χ2n) is 2.76. The minimum Gasteiger partial charge on any atom is -0.258 e. The summed E-state index contributed by atoms with van der Waals surface area (Å²) in [6.45, 7) is 1.14. The van der Waals surface area contributed by atoms with Crippen molar-refractivity contribution in [2.45, 2.75) is 11.8 Å². The van der Waals surface area contributed by atoms with E-state index in [-0.39, 0.29) is 5.56 Å². The minimum atomic E-state index is -5.08. The van der Waals surface area contributed by atoms with Gasteiger partial charge in [0, 0.05) is 6.07 Å². The highest BCUT2D eigenvalue weighted by Crippen LogP contribution is 2.26. The molecule has 8 heteroatoms. The van der Waals surface area contributed by atoms with Crippen molar-refractivity contribution in [3.8, 4) is 0 Å². The van der Waals surface area contributed by atoms with E-state index in [4.69, 9.17) is 0 Å². The van der Waals surface area contributed by atoms with E-state index < -0.39 is 31.5 Å². The molecule has 0 atom stereocenters. The Morgan fingerprint density at radius 2 is 1.93 bits per heavy atom. The van der Waals surface area contributed by atoms with Crippen LogP contribution in [0.5, 0.6) is 0 Å². The van der Waals surface area contributed by atoms with Crippen LogP contribution in [0.3, 0.4) is 0 Å². The molecule has 0 amide bonds. The standard InChI is InChI=1S/C7H5F2NO4S/c1-4-2-5(8)6(10(11)12)3-7(4)15(9,13)14/h2-3H,1H3. The summed E-state index contributed by atoms with van der Waals surface area (Å²) in [6.07, 6.45) is 0. The van der Waals surface area contributed by atoms with E-state index in [0.29, 0.717) is 12.1 Å². The predicted molar refractivity (Wildman–Crippen MR) is 46.1 cm³/mol. The van der Waals surface area contributed by atoms with Crippen molar-refractivity contribution < 1.29 is 21.6 Å². The number of nitrogens with zero attached hydrogens (tertiary/aromatic N) is 1. The smallest absolute Gasteiger partial charge is 0.258 e. The quantitative estimate of drug-likeness (QED) is 0.445. The summed E-state index contributed by atoms with van der Waals surface area (Å²) < 4.78 is 46.6. The molecule has 0 aliphatic rings. The summed E-state index contributed by atoms with van der Waals surface area (Å²) in [7, 11) is -5.08. The van der Waals surface area contributed by atoms with E-state index in [0.717, 1.165) is 6.92 Å². The first-order valence-corrected chi connectivity index (χ1v) is 5.01. The van der Waals surface area contributed by atoms with Gasteiger partial charge in [0.25, 0.3) is 0 Å². The molecule has 0 saturated carbocycles. The zero-order chi connectivity index (χ0) is 11.8. The van der Waals surface area contributed by atoms with Crippen LogP contribution >= 0.6 is 0 Å². The lowest BCUT2D eigenvalue weighted by molar-refractivity contribution is -0.387. The van der Waals surface area contributed by atoms with Crippen LogP contribution in [0.15, 0.2) is 17.0 Å². The summed E-state index contributed by atoms with van der Waals surface area (Å²) in [5, 5.41) is 10.3. The van der Waals surface area contributed by atoms with Crippen molar-refractivity contribution in [2.75, 3.05) is 0 Å². The van der Waals surface area contributed by atoms with Crippen LogP contribution in [0, 0.1) is 22.9 Å². The second kappa shape index (κ2) is 3.54. The van der Waals surface area contributed by atoms with Gasteiger partial charge in [-0.25, -0.2) is 0 Å². The summed E-state index contributed by atoms with van der Waals surface area (Å²) in [6, 6.07) is 0.963. The summed E-state index contributed by atoms with van der Waals surface area (Å²) in [5.41, 5.74) is -1.29. The van der Waals surface area contributed by atoms with Crippen molar-refractivity contribution in [2.24, 2.45) is 0 Å². The Balaban J connectivity index is 3.58. The highest BCUT2D eigenvalue weighted by molar-refractivity contribution is 7.86. The van der Waals surface area contributed by atoms with Crippen LogP contribution in [-0.4, -0.2) is 13.3 Å². The Morgan fingerprint density at radius 3 is 2.33 bits per heavy atom. The zero-order valence-corrected chi connectivity index (χ0v) is 8.22. The topological polar surface area (TPSA) is 77.3 Å². The van der Waals surface area contributed by atoms with Crippen LogP contribution in [0.4, 0.5) is 14.0 Å². The number of aryl methyl sites for hydroxylation is 1. The molecule has 1 aromatic rings. The molecule has 1 aromatic carbocycles. The van der Waals surface area contributed by atoms with E-state index in [1.54, 1.807) is 0 Å². The van der Waals surface area contributed by atoms with Gasteiger partial charge in [-0.1, -0.05) is 0 Å². The molecular formula is C7H5F2NO4S. The molecule has 0 unspecified atom stereocenters. The maximum absolute atomic E-state index is 12.9. The SMILES string of the molecule is Cc1cc(F)c([N+](=O)[O-])cc1S(=O)(=O)F. The van der Waals surface area contributed by atoms with Gasteiger partial charge in [-0.15, -0.1) is 3.89 Å². The molecule has 0 aromatic heterocycles. The third kappa shape index (κ3) is 2.27. The highest BCUT2D eigenvalue weighted by atomic mass is 32.3. The number of rotatable bonds is 2. The number of hydrogen-bond donors (Lipinski definition) is 0. The summed E-state index contributed by atoms with van der Waals surface area (Å²) in [5.74, 6) is -1.20. The number of benzene rings is 1. The van der Waals surface area contributed by atoms with E-state index in [1.165, 1.54) is 0 Å². The van der Waals surface area contributed by atoms with Gasteiger partial charge in [-0.2, -0.15) is 12.8 Å². The average molecular weight is 237 g/mol. The number of hydrogen-bond acceptors (Lipinski definition) is 4. The van der Waals surface area contributed by atoms with Crippen LogP contribution in [0.1, 0.15) is 5.56 Å². The molecule has 0 radical (unpaired) electrons. The average Bonchev–Trinajstić information content (AvgIpc) is 2.00. The fraction of sp³-hybridized carbons (Fsp3) is 0.143. The molecular weight excluding hydrogens is 232 g/mol. The fourth-order valence-electron chi connectivity index (χ4n) is 1.04. The van der Waals surface area contributed by atoms with E-state index in [2.05, 4.69) is 0 Å². The molecule has 0 fully saturated rings.